The molecule has 0 amide bonds. The lowest BCUT2D eigenvalue weighted by molar-refractivity contribution is -0.158. The van der Waals surface area contributed by atoms with Crippen molar-refractivity contribution in [1.82, 2.24) is 0 Å². The van der Waals surface area contributed by atoms with Gasteiger partial charge in [-0.05, 0) is 89.2 Å². The summed E-state index contributed by atoms with van der Waals surface area (Å²) in [6.07, 6.45) is 2.68. The minimum atomic E-state index is -1.07. The van der Waals surface area contributed by atoms with Crippen LogP contribution in [-0.2, 0) is 14.3 Å². The van der Waals surface area contributed by atoms with Gasteiger partial charge in [-0.15, -0.1) is 0 Å². The molecule has 6 rings (SSSR count). The van der Waals surface area contributed by atoms with Crippen molar-refractivity contribution in [3.63, 3.8) is 0 Å². The Bertz CT molecular complexity index is 1440. The normalized spacial score (nSPS) is 43.0. The maximum absolute atomic E-state index is 13.1. The van der Waals surface area contributed by atoms with E-state index < -0.39 is 35.1 Å². The van der Waals surface area contributed by atoms with Gasteiger partial charge in [-0.2, -0.15) is 0 Å². The smallest absolute Gasteiger partial charge is 0.336 e. The molecule has 4 aliphatic carbocycles. The number of aliphatic hydroxyl groups is 1. The molecule has 8 heteroatoms. The van der Waals surface area contributed by atoms with Gasteiger partial charge in [-0.1, -0.05) is 50.2 Å². The Kier molecular flexibility index (Phi) is 6.66. The van der Waals surface area contributed by atoms with E-state index in [1.807, 2.05) is 42.5 Å². The number of carbonyl (C=O) groups is 2. The second-order valence-corrected chi connectivity index (χ2v) is 13.7. The fourth-order valence-corrected chi connectivity index (χ4v) is 9.96. The van der Waals surface area contributed by atoms with Gasteiger partial charge in [0.15, 0.2) is 0 Å². The van der Waals surface area contributed by atoms with Crippen molar-refractivity contribution in [3.8, 4) is 0 Å². The van der Waals surface area contributed by atoms with Gasteiger partial charge >= 0.3 is 11.9 Å². The maximum atomic E-state index is 13.1. The standard InChI is InChI=1S/C33H43N3O5/c1-17(37)41-24-16-32(3)28(27(24)26(30(39)40)20-9-8-18-6-4-5-7-19(18)14-20)22(34)15-25-31(2)12-11-23(38)29(35)21(31)10-13-33(25,32)36/h4-9,14,21-25,28-29,38H,10-13,15-16,34-36H2,1-3H3,(H,39,40)/b27-26+/t21-,22-,23+,24-,25-,28-,29-,31-,32-,33+/m0/s1. The molecule has 220 valence electrons. The second kappa shape index (κ2) is 9.63. The summed E-state index contributed by atoms with van der Waals surface area (Å²) < 4.78 is 5.93. The van der Waals surface area contributed by atoms with Crippen LogP contribution in [0.5, 0.6) is 0 Å². The molecular formula is C33H43N3O5. The van der Waals surface area contributed by atoms with Crippen LogP contribution in [0.2, 0.25) is 0 Å². The van der Waals surface area contributed by atoms with Crippen LogP contribution in [0.3, 0.4) is 0 Å². The third-order valence-corrected chi connectivity index (χ3v) is 11.8. The number of carboxylic acids is 1. The van der Waals surface area contributed by atoms with Crippen LogP contribution >= 0.6 is 0 Å². The summed E-state index contributed by atoms with van der Waals surface area (Å²) >= 11 is 0. The first-order valence-electron chi connectivity index (χ1n) is 14.9. The summed E-state index contributed by atoms with van der Waals surface area (Å²) in [7, 11) is 0. The molecule has 4 aliphatic rings. The van der Waals surface area contributed by atoms with Crippen LogP contribution in [0.1, 0.15) is 64.9 Å². The molecule has 0 heterocycles. The average molecular weight is 562 g/mol. The number of aliphatic carboxylic acids is 1. The van der Waals surface area contributed by atoms with E-state index in [0.717, 1.165) is 23.6 Å². The fourth-order valence-electron chi connectivity index (χ4n) is 9.96. The van der Waals surface area contributed by atoms with E-state index in [2.05, 4.69) is 13.8 Å². The van der Waals surface area contributed by atoms with Gasteiger partial charge in [0.05, 0.1) is 11.7 Å². The van der Waals surface area contributed by atoms with Crippen molar-refractivity contribution in [3.05, 3.63) is 53.6 Å². The number of aliphatic hydroxyl groups excluding tert-OH is 1. The highest BCUT2D eigenvalue weighted by atomic mass is 16.5. The number of nitrogens with two attached hydrogens (primary N) is 3. The molecule has 0 aromatic heterocycles. The lowest BCUT2D eigenvalue weighted by atomic mass is 9.39. The van der Waals surface area contributed by atoms with Crippen molar-refractivity contribution < 1.29 is 24.5 Å². The molecule has 2 aromatic rings. The van der Waals surface area contributed by atoms with Gasteiger partial charge in [-0.3, -0.25) is 4.79 Å². The third-order valence-electron chi connectivity index (χ3n) is 11.8. The Hall–Kier alpha value is -2.78. The molecule has 4 fully saturated rings. The SMILES string of the molecule is CC(=O)O[C@H]1C[C@@]2(C)[C@H](/C1=C(/C(=O)O)c1ccc3ccccc3c1)[C@@H](N)C[C@H]1[C@@]3(C)CC[C@@H](O)[C@@H](N)[C@@H]3CC[C@@]12N. The van der Waals surface area contributed by atoms with Gasteiger partial charge in [0.25, 0.3) is 0 Å². The highest BCUT2D eigenvalue weighted by Crippen LogP contribution is 2.69. The molecule has 8 nitrogen and oxygen atoms in total. The fraction of sp³-hybridized carbons (Fsp3) is 0.576. The summed E-state index contributed by atoms with van der Waals surface area (Å²) in [6.45, 7) is 5.76. The summed E-state index contributed by atoms with van der Waals surface area (Å²) in [5, 5.41) is 23.2. The number of ether oxygens (including phenoxy) is 1. The Morgan fingerprint density at radius 3 is 2.41 bits per heavy atom. The molecule has 8 N–H and O–H groups in total. The summed E-state index contributed by atoms with van der Waals surface area (Å²) in [5.41, 5.74) is 21.1. The molecular weight excluding hydrogens is 518 g/mol. The van der Waals surface area contributed by atoms with E-state index in [4.69, 9.17) is 21.9 Å². The molecule has 0 unspecified atom stereocenters. The molecule has 0 spiro atoms. The predicted octanol–water partition coefficient (Wildman–Crippen LogP) is 3.58. The number of fused-ring (bicyclic) bond motifs is 6. The van der Waals surface area contributed by atoms with Gasteiger partial charge in [0.1, 0.15) is 6.10 Å². The Labute approximate surface area is 241 Å². The van der Waals surface area contributed by atoms with Gasteiger partial charge < -0.3 is 32.2 Å². The van der Waals surface area contributed by atoms with E-state index in [0.29, 0.717) is 36.8 Å². The van der Waals surface area contributed by atoms with E-state index in [-0.39, 0.29) is 40.8 Å². The van der Waals surface area contributed by atoms with Gasteiger partial charge in [0.2, 0.25) is 0 Å². The van der Waals surface area contributed by atoms with Crippen LogP contribution in [0.4, 0.5) is 0 Å². The first-order valence-corrected chi connectivity index (χ1v) is 14.9. The molecule has 41 heavy (non-hydrogen) atoms. The molecule has 2 aromatic carbocycles. The average Bonchev–Trinajstić information content (AvgIpc) is 3.21. The van der Waals surface area contributed by atoms with Crippen LogP contribution in [-0.4, -0.2) is 52.0 Å². The van der Waals surface area contributed by atoms with Crippen molar-refractivity contribution in [2.75, 3.05) is 0 Å². The van der Waals surface area contributed by atoms with Crippen LogP contribution in [0.15, 0.2) is 48.0 Å². The number of esters is 1. The van der Waals surface area contributed by atoms with Crippen molar-refractivity contribution in [2.45, 2.75) is 89.1 Å². The molecule has 0 radical (unpaired) electrons. The highest BCUT2D eigenvalue weighted by molar-refractivity contribution is 6.17. The first kappa shape index (κ1) is 28.3. The maximum Gasteiger partial charge on any atom is 0.336 e. The summed E-state index contributed by atoms with van der Waals surface area (Å²) in [6, 6.07) is 12.8. The molecule has 4 saturated carbocycles. The Balaban J connectivity index is 1.53. The second-order valence-electron chi connectivity index (χ2n) is 13.7. The Morgan fingerprint density at radius 2 is 1.73 bits per heavy atom. The quantitative estimate of drug-likeness (QED) is 0.281. The van der Waals surface area contributed by atoms with Crippen LogP contribution in [0, 0.1) is 28.6 Å². The van der Waals surface area contributed by atoms with Crippen molar-refractivity contribution in [1.29, 1.82) is 0 Å². The molecule has 0 aliphatic heterocycles. The van der Waals surface area contributed by atoms with Gasteiger partial charge in [-0.25, -0.2) is 4.79 Å². The lowest BCUT2D eigenvalue weighted by Crippen LogP contribution is -2.74. The van der Waals surface area contributed by atoms with E-state index in [1.54, 1.807) is 0 Å². The minimum Gasteiger partial charge on any atom is -0.478 e. The van der Waals surface area contributed by atoms with E-state index in [1.165, 1.54) is 6.92 Å². The summed E-state index contributed by atoms with van der Waals surface area (Å²) in [5.74, 6) is -1.74. The Morgan fingerprint density at radius 1 is 1.02 bits per heavy atom. The highest BCUT2D eigenvalue weighted by Gasteiger charge is 2.71. The predicted molar refractivity (Wildman–Crippen MR) is 157 cm³/mol. The number of carbonyl (C=O) groups excluding carboxylic acids is 1. The molecule has 0 saturated heterocycles. The number of hydrogen-bond acceptors (Lipinski definition) is 7. The van der Waals surface area contributed by atoms with Crippen LogP contribution in [0.25, 0.3) is 16.3 Å². The molecule has 0 bridgehead atoms. The lowest BCUT2D eigenvalue weighted by Gasteiger charge is -2.68. The van der Waals surface area contributed by atoms with E-state index >= 15 is 0 Å². The van der Waals surface area contributed by atoms with Crippen molar-refractivity contribution in [2.24, 2.45) is 45.8 Å². The number of rotatable bonds is 3. The zero-order valence-corrected chi connectivity index (χ0v) is 24.2. The van der Waals surface area contributed by atoms with Crippen molar-refractivity contribution >= 4 is 28.3 Å². The largest absolute Gasteiger partial charge is 0.478 e. The third kappa shape index (κ3) is 4.02. The number of benzene rings is 2. The van der Waals surface area contributed by atoms with E-state index in [9.17, 15) is 19.8 Å². The summed E-state index contributed by atoms with van der Waals surface area (Å²) in [4.78, 5) is 25.5. The van der Waals surface area contributed by atoms with Crippen LogP contribution < -0.4 is 17.2 Å². The number of hydrogen-bond donors (Lipinski definition) is 5. The zero-order valence-electron chi connectivity index (χ0n) is 24.2. The zero-order chi connectivity index (χ0) is 29.5. The number of carboxylic acid groups (broad SMARTS) is 1. The van der Waals surface area contributed by atoms with Gasteiger partial charge in [0, 0.05) is 30.5 Å². The first-order chi connectivity index (χ1) is 19.3. The topological polar surface area (TPSA) is 162 Å². The molecule has 10 atom stereocenters. The minimum absolute atomic E-state index is 0.0369. The monoisotopic (exact) mass is 561 g/mol.